The van der Waals surface area contributed by atoms with Crippen molar-refractivity contribution >= 4 is 11.2 Å². The summed E-state index contributed by atoms with van der Waals surface area (Å²) < 4.78 is 5.87. The molecule has 4 fully saturated rings. The number of aromatic nitrogens is 2. The molecule has 6 heteroatoms. The fourth-order valence-corrected chi connectivity index (χ4v) is 9.61. The van der Waals surface area contributed by atoms with Crippen LogP contribution in [0.1, 0.15) is 78.0 Å². The average Bonchev–Trinajstić information content (AvgIpc) is 3.41. The van der Waals surface area contributed by atoms with Crippen LogP contribution in [0.15, 0.2) is 22.7 Å². The van der Waals surface area contributed by atoms with E-state index in [0.717, 1.165) is 69.2 Å². The van der Waals surface area contributed by atoms with E-state index in [4.69, 9.17) is 4.42 Å². The number of oxazole rings is 1. The summed E-state index contributed by atoms with van der Waals surface area (Å²) in [5, 5.41) is 33.5. The number of hydrogen-bond acceptors (Lipinski definition) is 6. The Hall–Kier alpha value is -1.50. The number of nitrogens with zero attached hydrogens (tertiary/aromatic N) is 2. The third-order valence-electron chi connectivity index (χ3n) is 11.5. The zero-order valence-corrected chi connectivity index (χ0v) is 21.4. The van der Waals surface area contributed by atoms with E-state index in [-0.39, 0.29) is 35.1 Å². The van der Waals surface area contributed by atoms with Gasteiger partial charge in [0.1, 0.15) is 5.52 Å². The molecule has 0 spiro atoms. The number of rotatable bonds is 4. The number of aryl methyl sites for hydroxylation is 1. The van der Waals surface area contributed by atoms with Crippen LogP contribution in [0, 0.1) is 46.3 Å². The lowest BCUT2D eigenvalue weighted by Gasteiger charge is -2.63. The van der Waals surface area contributed by atoms with Crippen molar-refractivity contribution in [2.24, 2.45) is 46.3 Å². The molecule has 4 aliphatic rings. The highest BCUT2D eigenvalue weighted by atomic mass is 16.4. The summed E-state index contributed by atoms with van der Waals surface area (Å²) in [7, 11) is 0. The highest BCUT2D eigenvalue weighted by Crippen LogP contribution is 2.68. The van der Waals surface area contributed by atoms with Gasteiger partial charge >= 0.3 is 0 Å². The molecule has 192 valence electrons. The van der Waals surface area contributed by atoms with E-state index < -0.39 is 0 Å². The molecule has 2 aromatic heterocycles. The van der Waals surface area contributed by atoms with Crippen molar-refractivity contribution in [2.45, 2.75) is 96.9 Å². The second kappa shape index (κ2) is 8.53. The molecule has 3 N–H and O–H groups in total. The van der Waals surface area contributed by atoms with Crippen molar-refractivity contribution in [2.75, 3.05) is 0 Å². The quantitative estimate of drug-likeness (QED) is 0.581. The van der Waals surface area contributed by atoms with E-state index >= 15 is 0 Å². The van der Waals surface area contributed by atoms with Crippen LogP contribution in [0.5, 0.6) is 0 Å². The molecule has 4 saturated carbocycles. The molecular weight excluding hydrogens is 440 g/mol. The Balaban J connectivity index is 1.21. The van der Waals surface area contributed by atoms with E-state index in [1.54, 1.807) is 6.20 Å². The van der Waals surface area contributed by atoms with E-state index in [0.29, 0.717) is 35.3 Å². The van der Waals surface area contributed by atoms with E-state index in [1.165, 1.54) is 0 Å². The van der Waals surface area contributed by atoms with Gasteiger partial charge in [-0.1, -0.05) is 20.8 Å². The molecule has 11 atom stereocenters. The minimum Gasteiger partial charge on any atom is -0.422 e. The van der Waals surface area contributed by atoms with Crippen LogP contribution in [0.2, 0.25) is 0 Å². The van der Waals surface area contributed by atoms with Gasteiger partial charge < -0.3 is 19.7 Å². The maximum absolute atomic E-state index is 11.8. The maximum atomic E-state index is 11.8. The molecular formula is C29H42N2O4. The lowest BCUT2D eigenvalue weighted by molar-refractivity contribution is -0.207. The van der Waals surface area contributed by atoms with Crippen LogP contribution in [-0.2, 0) is 6.42 Å². The zero-order chi connectivity index (χ0) is 24.5. The lowest BCUT2D eigenvalue weighted by atomic mass is 9.43. The molecule has 0 aromatic carbocycles. The standard InChI is InChI=1S/C29H42N2O4/c1-16(6-9-25-31-22-5-4-12-30-27(22)35-25)19-7-8-20-26-21(15-24(34)29(19,20)3)28(2)11-10-18(32)13-17(28)14-23(26)33/h4-5,12,16-21,23-24,26,32-34H,6-11,13-15H2,1-3H3/t16?,17-,18+,19+,20-,21-,23+,24-,26-,28-,29+/m0/s1. The molecule has 0 radical (unpaired) electrons. The summed E-state index contributed by atoms with van der Waals surface area (Å²) in [6.45, 7) is 7.05. The first kappa shape index (κ1) is 23.9. The van der Waals surface area contributed by atoms with Gasteiger partial charge in [0.2, 0.25) is 5.71 Å². The van der Waals surface area contributed by atoms with Crippen LogP contribution in [0.3, 0.4) is 0 Å². The Bertz CT molecular complexity index is 1040. The van der Waals surface area contributed by atoms with Crippen molar-refractivity contribution in [3.05, 3.63) is 24.2 Å². The van der Waals surface area contributed by atoms with Gasteiger partial charge in [-0.25, -0.2) is 9.97 Å². The Morgan fingerprint density at radius 1 is 1.09 bits per heavy atom. The second-order valence-electron chi connectivity index (χ2n) is 13.0. The summed E-state index contributed by atoms with van der Waals surface area (Å²) in [5.74, 6) is 2.94. The molecule has 2 heterocycles. The van der Waals surface area contributed by atoms with Crippen LogP contribution in [0.25, 0.3) is 11.2 Å². The van der Waals surface area contributed by atoms with Crippen LogP contribution in [0.4, 0.5) is 0 Å². The number of hydrogen-bond donors (Lipinski definition) is 3. The highest BCUT2D eigenvalue weighted by molar-refractivity contribution is 5.67. The van der Waals surface area contributed by atoms with Gasteiger partial charge in [0.05, 0.1) is 18.3 Å². The number of fused-ring (bicyclic) bond motifs is 6. The van der Waals surface area contributed by atoms with Crippen molar-refractivity contribution in [1.29, 1.82) is 0 Å². The van der Waals surface area contributed by atoms with Gasteiger partial charge in [0, 0.05) is 12.6 Å². The maximum Gasteiger partial charge on any atom is 0.246 e. The second-order valence-corrected chi connectivity index (χ2v) is 13.0. The fraction of sp³-hybridized carbons (Fsp3) is 0.793. The van der Waals surface area contributed by atoms with Crippen molar-refractivity contribution in [1.82, 2.24) is 9.97 Å². The summed E-state index contributed by atoms with van der Waals surface area (Å²) in [5.41, 5.74) is 1.37. The van der Waals surface area contributed by atoms with E-state index in [9.17, 15) is 15.3 Å². The van der Waals surface area contributed by atoms with Crippen molar-refractivity contribution < 1.29 is 19.7 Å². The van der Waals surface area contributed by atoms with Gasteiger partial charge in [-0.3, -0.25) is 0 Å². The topological polar surface area (TPSA) is 99.6 Å². The first-order valence-electron chi connectivity index (χ1n) is 14.0. The predicted octanol–water partition coefficient (Wildman–Crippen LogP) is 4.75. The first-order valence-corrected chi connectivity index (χ1v) is 14.0. The summed E-state index contributed by atoms with van der Waals surface area (Å²) in [4.78, 5) is 8.88. The Kier molecular flexibility index (Phi) is 5.82. The summed E-state index contributed by atoms with van der Waals surface area (Å²) >= 11 is 0. The molecule has 6 rings (SSSR count). The fourth-order valence-electron chi connectivity index (χ4n) is 9.61. The molecule has 0 aliphatic heterocycles. The predicted molar refractivity (Wildman–Crippen MR) is 133 cm³/mol. The highest BCUT2D eigenvalue weighted by Gasteiger charge is 2.65. The van der Waals surface area contributed by atoms with Crippen molar-refractivity contribution in [3.8, 4) is 0 Å². The van der Waals surface area contributed by atoms with E-state index in [2.05, 4.69) is 30.7 Å². The Morgan fingerprint density at radius 2 is 1.91 bits per heavy atom. The average molecular weight is 483 g/mol. The number of pyridine rings is 1. The van der Waals surface area contributed by atoms with Gasteiger partial charge in [0.15, 0.2) is 5.89 Å². The molecule has 6 nitrogen and oxygen atoms in total. The van der Waals surface area contributed by atoms with Gasteiger partial charge in [-0.2, -0.15) is 0 Å². The van der Waals surface area contributed by atoms with E-state index in [1.807, 2.05) is 12.1 Å². The monoisotopic (exact) mass is 482 g/mol. The number of aliphatic hydroxyl groups excluding tert-OH is 3. The molecule has 0 amide bonds. The molecule has 0 bridgehead atoms. The zero-order valence-electron chi connectivity index (χ0n) is 21.4. The van der Waals surface area contributed by atoms with Crippen molar-refractivity contribution in [3.63, 3.8) is 0 Å². The minimum atomic E-state index is -0.341. The van der Waals surface area contributed by atoms with Gasteiger partial charge in [-0.15, -0.1) is 0 Å². The minimum absolute atomic E-state index is 0.121. The van der Waals surface area contributed by atoms with Crippen LogP contribution in [-0.4, -0.2) is 43.6 Å². The summed E-state index contributed by atoms with van der Waals surface area (Å²) in [6, 6.07) is 3.82. The number of aliphatic hydroxyl groups is 3. The summed E-state index contributed by atoms with van der Waals surface area (Å²) in [6.07, 6.45) is 9.08. The first-order chi connectivity index (χ1) is 16.7. The normalized spacial score (nSPS) is 46.1. The smallest absolute Gasteiger partial charge is 0.246 e. The van der Waals surface area contributed by atoms with Crippen LogP contribution >= 0.6 is 0 Å². The molecule has 2 aromatic rings. The Morgan fingerprint density at radius 3 is 2.71 bits per heavy atom. The van der Waals surface area contributed by atoms with Gasteiger partial charge in [0.25, 0.3) is 0 Å². The van der Waals surface area contributed by atoms with Crippen LogP contribution < -0.4 is 0 Å². The largest absolute Gasteiger partial charge is 0.422 e. The lowest BCUT2D eigenvalue weighted by Crippen LogP contribution is -2.62. The molecule has 1 unspecified atom stereocenters. The molecule has 4 aliphatic carbocycles. The molecule has 35 heavy (non-hydrogen) atoms. The third-order valence-corrected chi connectivity index (χ3v) is 11.5. The SMILES string of the molecule is CC(CCc1nc2cccnc2o1)[C@H]1CC[C@H]2[C@@H]3[C@H](O)C[C@@H]4C[C@H](O)CC[C@]4(C)[C@H]3C[C@H](O)[C@]12C. The Labute approximate surface area is 208 Å². The third kappa shape index (κ3) is 3.61. The van der Waals surface area contributed by atoms with Gasteiger partial charge in [-0.05, 0) is 110 Å². The molecule has 0 saturated heterocycles.